The summed E-state index contributed by atoms with van der Waals surface area (Å²) in [7, 11) is 1.65. The standard InChI is InChI=1S/C17H26N2O2/c1-13(2)16(17(20)18-9-11-21-3)19-10-8-14-6-4-5-7-15(14)12-19/h4-7,13,16H,8-12H2,1-3H3,(H,18,20)/t16-/m0/s1. The molecule has 0 saturated carbocycles. The van der Waals surface area contributed by atoms with Crippen LogP contribution in [0.1, 0.15) is 25.0 Å². The van der Waals surface area contributed by atoms with Crippen LogP contribution < -0.4 is 5.32 Å². The maximum absolute atomic E-state index is 12.5. The van der Waals surface area contributed by atoms with Crippen molar-refractivity contribution in [2.45, 2.75) is 32.9 Å². The molecule has 1 aromatic rings. The number of hydrogen-bond donors (Lipinski definition) is 1. The van der Waals surface area contributed by atoms with Crippen LogP contribution in [0.5, 0.6) is 0 Å². The normalized spacial score (nSPS) is 16.6. The van der Waals surface area contributed by atoms with Gasteiger partial charge in [0, 0.05) is 26.7 Å². The average Bonchev–Trinajstić information content (AvgIpc) is 2.47. The van der Waals surface area contributed by atoms with Gasteiger partial charge in [0.1, 0.15) is 0 Å². The Hall–Kier alpha value is -1.39. The van der Waals surface area contributed by atoms with E-state index in [2.05, 4.69) is 48.3 Å². The van der Waals surface area contributed by atoms with Crippen molar-refractivity contribution in [3.05, 3.63) is 35.4 Å². The second kappa shape index (κ2) is 7.57. The van der Waals surface area contributed by atoms with Crippen molar-refractivity contribution >= 4 is 5.91 Å². The molecule has 0 unspecified atom stereocenters. The summed E-state index contributed by atoms with van der Waals surface area (Å²) in [5.74, 6) is 0.402. The van der Waals surface area contributed by atoms with Crippen LogP contribution >= 0.6 is 0 Å². The Kier molecular flexibility index (Phi) is 5.76. The van der Waals surface area contributed by atoms with Crippen molar-refractivity contribution < 1.29 is 9.53 Å². The molecule has 0 spiro atoms. The van der Waals surface area contributed by atoms with Crippen molar-refractivity contribution in [2.75, 3.05) is 26.8 Å². The molecule has 0 fully saturated rings. The molecular formula is C17H26N2O2. The first-order chi connectivity index (χ1) is 10.1. The summed E-state index contributed by atoms with van der Waals surface area (Å²) < 4.78 is 5.00. The zero-order valence-corrected chi connectivity index (χ0v) is 13.3. The highest BCUT2D eigenvalue weighted by Gasteiger charge is 2.30. The Labute approximate surface area is 127 Å². The number of nitrogens with one attached hydrogen (secondary N) is 1. The molecule has 0 aromatic heterocycles. The molecule has 0 bridgehead atoms. The number of carbonyl (C=O) groups excluding carboxylic acids is 1. The van der Waals surface area contributed by atoms with Crippen LogP contribution in [-0.4, -0.2) is 43.7 Å². The highest BCUT2D eigenvalue weighted by Crippen LogP contribution is 2.23. The van der Waals surface area contributed by atoms with E-state index in [-0.39, 0.29) is 17.9 Å². The van der Waals surface area contributed by atoms with Gasteiger partial charge < -0.3 is 10.1 Å². The van der Waals surface area contributed by atoms with Gasteiger partial charge in [0.05, 0.1) is 12.6 Å². The van der Waals surface area contributed by atoms with Crippen LogP contribution in [0.2, 0.25) is 0 Å². The number of nitrogens with zero attached hydrogens (tertiary/aromatic N) is 1. The van der Waals surface area contributed by atoms with Crippen molar-refractivity contribution in [2.24, 2.45) is 5.92 Å². The van der Waals surface area contributed by atoms with E-state index in [0.29, 0.717) is 13.2 Å². The number of carbonyl (C=O) groups is 1. The maximum atomic E-state index is 12.5. The number of benzene rings is 1. The fraction of sp³-hybridized carbons (Fsp3) is 0.588. The lowest BCUT2D eigenvalue weighted by Gasteiger charge is -2.36. The summed E-state index contributed by atoms with van der Waals surface area (Å²) in [6.07, 6.45) is 1.02. The molecule has 4 nitrogen and oxygen atoms in total. The predicted molar refractivity (Wildman–Crippen MR) is 84.1 cm³/mol. The summed E-state index contributed by atoms with van der Waals surface area (Å²) in [6, 6.07) is 8.45. The van der Waals surface area contributed by atoms with Crippen molar-refractivity contribution in [1.82, 2.24) is 10.2 Å². The second-order valence-corrected chi connectivity index (χ2v) is 5.96. The van der Waals surface area contributed by atoms with Gasteiger partial charge in [0.2, 0.25) is 5.91 Å². The first-order valence-electron chi connectivity index (χ1n) is 7.71. The Bertz CT molecular complexity index is 474. The van der Waals surface area contributed by atoms with Crippen LogP contribution in [-0.2, 0) is 22.5 Å². The second-order valence-electron chi connectivity index (χ2n) is 5.96. The van der Waals surface area contributed by atoms with Crippen LogP contribution in [0.4, 0.5) is 0 Å². The number of ether oxygens (including phenoxy) is 1. The Morgan fingerprint density at radius 3 is 2.71 bits per heavy atom. The lowest BCUT2D eigenvalue weighted by Crippen LogP contribution is -2.51. The minimum absolute atomic E-state index is 0.0739. The van der Waals surface area contributed by atoms with E-state index in [9.17, 15) is 4.79 Å². The van der Waals surface area contributed by atoms with Crippen LogP contribution in [0.3, 0.4) is 0 Å². The molecular weight excluding hydrogens is 264 g/mol. The van der Waals surface area contributed by atoms with Gasteiger partial charge in [-0.05, 0) is 23.5 Å². The van der Waals surface area contributed by atoms with E-state index in [1.54, 1.807) is 7.11 Å². The molecule has 1 heterocycles. The molecule has 1 amide bonds. The van der Waals surface area contributed by atoms with Crippen LogP contribution in [0.25, 0.3) is 0 Å². The van der Waals surface area contributed by atoms with Gasteiger partial charge in [-0.3, -0.25) is 9.69 Å². The largest absolute Gasteiger partial charge is 0.383 e. The zero-order valence-electron chi connectivity index (χ0n) is 13.3. The van der Waals surface area contributed by atoms with E-state index in [1.807, 2.05) is 0 Å². The number of rotatable bonds is 6. The fourth-order valence-electron chi connectivity index (χ4n) is 3.03. The third-order valence-corrected chi connectivity index (χ3v) is 4.06. The lowest BCUT2D eigenvalue weighted by atomic mass is 9.94. The molecule has 0 aliphatic carbocycles. The predicted octanol–water partition coefficient (Wildman–Crippen LogP) is 1.83. The lowest BCUT2D eigenvalue weighted by molar-refractivity contribution is -0.128. The Morgan fingerprint density at radius 1 is 1.33 bits per heavy atom. The van der Waals surface area contributed by atoms with Crippen LogP contribution in [0, 0.1) is 5.92 Å². The topological polar surface area (TPSA) is 41.6 Å². The number of amides is 1. The molecule has 0 saturated heterocycles. The first-order valence-corrected chi connectivity index (χ1v) is 7.71. The number of methoxy groups -OCH3 is 1. The van der Waals surface area contributed by atoms with Gasteiger partial charge >= 0.3 is 0 Å². The SMILES string of the molecule is COCCNC(=O)[C@H](C(C)C)N1CCc2ccccc2C1. The smallest absolute Gasteiger partial charge is 0.237 e. The van der Waals surface area contributed by atoms with Gasteiger partial charge in [0.15, 0.2) is 0 Å². The van der Waals surface area contributed by atoms with E-state index in [0.717, 1.165) is 19.5 Å². The minimum atomic E-state index is -0.0739. The number of fused-ring (bicyclic) bond motifs is 1. The Morgan fingerprint density at radius 2 is 2.05 bits per heavy atom. The van der Waals surface area contributed by atoms with Crippen molar-refractivity contribution in [3.63, 3.8) is 0 Å². The zero-order chi connectivity index (χ0) is 15.2. The Balaban J connectivity index is 2.04. The molecule has 0 radical (unpaired) electrons. The monoisotopic (exact) mass is 290 g/mol. The van der Waals surface area contributed by atoms with Gasteiger partial charge in [0.25, 0.3) is 0 Å². The van der Waals surface area contributed by atoms with Gasteiger partial charge in [-0.25, -0.2) is 0 Å². The molecule has 1 aromatic carbocycles. The van der Waals surface area contributed by atoms with E-state index >= 15 is 0 Å². The first kappa shape index (κ1) is 16.0. The van der Waals surface area contributed by atoms with E-state index < -0.39 is 0 Å². The van der Waals surface area contributed by atoms with Crippen molar-refractivity contribution in [1.29, 1.82) is 0 Å². The van der Waals surface area contributed by atoms with E-state index in [4.69, 9.17) is 4.74 Å². The highest BCUT2D eigenvalue weighted by molar-refractivity contribution is 5.82. The quantitative estimate of drug-likeness (QED) is 0.813. The molecule has 1 atom stereocenters. The summed E-state index contributed by atoms with van der Waals surface area (Å²) in [4.78, 5) is 14.8. The molecule has 2 rings (SSSR count). The fourth-order valence-corrected chi connectivity index (χ4v) is 3.03. The van der Waals surface area contributed by atoms with Gasteiger partial charge in [-0.1, -0.05) is 38.1 Å². The molecule has 21 heavy (non-hydrogen) atoms. The maximum Gasteiger partial charge on any atom is 0.237 e. The summed E-state index contributed by atoms with van der Waals surface area (Å²) in [5, 5.41) is 2.98. The molecule has 1 N–H and O–H groups in total. The number of hydrogen-bond acceptors (Lipinski definition) is 3. The molecule has 1 aliphatic heterocycles. The molecule has 1 aliphatic rings. The minimum Gasteiger partial charge on any atom is -0.383 e. The van der Waals surface area contributed by atoms with Crippen LogP contribution in [0.15, 0.2) is 24.3 Å². The molecule has 4 heteroatoms. The third-order valence-electron chi connectivity index (χ3n) is 4.06. The summed E-state index contributed by atoms with van der Waals surface area (Å²) in [6.45, 7) is 7.15. The van der Waals surface area contributed by atoms with Gasteiger partial charge in [-0.15, -0.1) is 0 Å². The summed E-state index contributed by atoms with van der Waals surface area (Å²) >= 11 is 0. The van der Waals surface area contributed by atoms with Gasteiger partial charge in [-0.2, -0.15) is 0 Å². The average molecular weight is 290 g/mol. The van der Waals surface area contributed by atoms with E-state index in [1.165, 1.54) is 11.1 Å². The highest BCUT2D eigenvalue weighted by atomic mass is 16.5. The summed E-state index contributed by atoms with van der Waals surface area (Å²) in [5.41, 5.74) is 2.76. The van der Waals surface area contributed by atoms with Crippen molar-refractivity contribution in [3.8, 4) is 0 Å². The third kappa shape index (κ3) is 4.05. The molecule has 116 valence electrons.